The minimum Gasteiger partial charge on any atom is -0.495 e. The number of carbonyl (C=O) groups excluding carboxylic acids is 1. The molecule has 0 saturated carbocycles. The SMILES string of the molecule is COc1ccccc1N(CCNS(=O)(=O)c1ccc(C)cc1C)C(C)=O. The maximum atomic E-state index is 12.5. The van der Waals surface area contributed by atoms with Crippen LogP contribution < -0.4 is 14.4 Å². The van der Waals surface area contributed by atoms with Crippen LogP contribution >= 0.6 is 0 Å². The van der Waals surface area contributed by atoms with Crippen molar-refractivity contribution in [3.63, 3.8) is 0 Å². The van der Waals surface area contributed by atoms with E-state index < -0.39 is 10.0 Å². The van der Waals surface area contributed by atoms with Crippen molar-refractivity contribution in [2.45, 2.75) is 25.7 Å². The number of para-hydroxylation sites is 2. The Kier molecular flexibility index (Phi) is 6.39. The third-order valence-corrected chi connectivity index (χ3v) is 5.62. The number of anilines is 1. The number of benzene rings is 2. The van der Waals surface area contributed by atoms with Gasteiger partial charge in [-0.1, -0.05) is 29.8 Å². The molecule has 0 atom stereocenters. The van der Waals surface area contributed by atoms with Gasteiger partial charge >= 0.3 is 0 Å². The van der Waals surface area contributed by atoms with Gasteiger partial charge in [-0.25, -0.2) is 13.1 Å². The number of carbonyl (C=O) groups is 1. The minimum absolute atomic E-state index is 0.0906. The van der Waals surface area contributed by atoms with Crippen LogP contribution in [0.15, 0.2) is 47.4 Å². The molecule has 26 heavy (non-hydrogen) atoms. The molecule has 7 heteroatoms. The Morgan fingerprint density at radius 1 is 1.15 bits per heavy atom. The highest BCUT2D eigenvalue weighted by molar-refractivity contribution is 7.89. The number of hydrogen-bond acceptors (Lipinski definition) is 4. The summed E-state index contributed by atoms with van der Waals surface area (Å²) in [5.41, 5.74) is 2.29. The summed E-state index contributed by atoms with van der Waals surface area (Å²) in [4.78, 5) is 13.8. The van der Waals surface area contributed by atoms with E-state index in [9.17, 15) is 13.2 Å². The molecule has 140 valence electrons. The molecule has 0 heterocycles. The second kappa shape index (κ2) is 8.33. The van der Waals surface area contributed by atoms with E-state index in [0.29, 0.717) is 17.0 Å². The number of hydrogen-bond donors (Lipinski definition) is 1. The summed E-state index contributed by atoms with van der Waals surface area (Å²) in [7, 11) is -2.12. The van der Waals surface area contributed by atoms with Crippen LogP contribution in [0.25, 0.3) is 0 Å². The fourth-order valence-electron chi connectivity index (χ4n) is 2.77. The molecule has 0 aliphatic carbocycles. The molecule has 0 spiro atoms. The summed E-state index contributed by atoms with van der Waals surface area (Å²) in [6, 6.07) is 12.3. The van der Waals surface area contributed by atoms with Crippen molar-refractivity contribution in [2.24, 2.45) is 0 Å². The van der Waals surface area contributed by atoms with Gasteiger partial charge in [0, 0.05) is 20.0 Å². The lowest BCUT2D eigenvalue weighted by Crippen LogP contribution is -2.37. The van der Waals surface area contributed by atoms with Crippen LogP contribution in [0, 0.1) is 13.8 Å². The molecule has 6 nitrogen and oxygen atoms in total. The molecule has 2 aromatic carbocycles. The number of ether oxygens (including phenoxy) is 1. The van der Waals surface area contributed by atoms with Crippen molar-refractivity contribution in [1.29, 1.82) is 0 Å². The number of nitrogens with zero attached hydrogens (tertiary/aromatic N) is 1. The van der Waals surface area contributed by atoms with Crippen molar-refractivity contribution >= 4 is 21.6 Å². The molecule has 0 saturated heterocycles. The first kappa shape index (κ1) is 19.9. The lowest BCUT2D eigenvalue weighted by Gasteiger charge is -2.23. The minimum atomic E-state index is -3.65. The van der Waals surface area contributed by atoms with Crippen LogP contribution in [0.4, 0.5) is 5.69 Å². The average molecular weight is 376 g/mol. The Morgan fingerprint density at radius 2 is 1.85 bits per heavy atom. The van der Waals surface area contributed by atoms with Gasteiger partial charge < -0.3 is 9.64 Å². The van der Waals surface area contributed by atoms with Gasteiger partial charge in [0.05, 0.1) is 17.7 Å². The van der Waals surface area contributed by atoms with Crippen LogP contribution in [0.1, 0.15) is 18.1 Å². The van der Waals surface area contributed by atoms with E-state index in [-0.39, 0.29) is 23.9 Å². The van der Waals surface area contributed by atoms with Crippen LogP contribution in [0.2, 0.25) is 0 Å². The Bertz CT molecular complexity index is 894. The van der Waals surface area contributed by atoms with Crippen molar-refractivity contribution in [2.75, 3.05) is 25.1 Å². The Balaban J connectivity index is 2.14. The van der Waals surface area contributed by atoms with Gasteiger partial charge in [0.25, 0.3) is 0 Å². The van der Waals surface area contributed by atoms with Gasteiger partial charge in [0.2, 0.25) is 15.9 Å². The molecule has 0 bridgehead atoms. The van der Waals surface area contributed by atoms with E-state index >= 15 is 0 Å². The summed E-state index contributed by atoms with van der Waals surface area (Å²) in [6.45, 7) is 5.39. The largest absolute Gasteiger partial charge is 0.495 e. The molecule has 2 aromatic rings. The van der Waals surface area contributed by atoms with Gasteiger partial charge in [-0.2, -0.15) is 0 Å². The molecule has 0 aliphatic rings. The molecular weight excluding hydrogens is 352 g/mol. The quantitative estimate of drug-likeness (QED) is 0.806. The molecule has 1 N–H and O–H groups in total. The van der Waals surface area contributed by atoms with Gasteiger partial charge in [-0.05, 0) is 37.6 Å². The number of rotatable bonds is 7. The number of sulfonamides is 1. The highest BCUT2D eigenvalue weighted by Gasteiger charge is 2.19. The Labute approximate surface area is 154 Å². The fourth-order valence-corrected chi connectivity index (χ4v) is 4.02. The monoisotopic (exact) mass is 376 g/mol. The number of aryl methyl sites for hydroxylation is 2. The van der Waals surface area contributed by atoms with Crippen molar-refractivity contribution in [3.05, 3.63) is 53.6 Å². The maximum absolute atomic E-state index is 12.5. The Morgan fingerprint density at radius 3 is 2.46 bits per heavy atom. The van der Waals surface area contributed by atoms with Gasteiger partial charge in [0.1, 0.15) is 5.75 Å². The average Bonchev–Trinajstić information content (AvgIpc) is 2.58. The summed E-state index contributed by atoms with van der Waals surface area (Å²) in [5.74, 6) is 0.361. The van der Waals surface area contributed by atoms with Crippen molar-refractivity contribution in [1.82, 2.24) is 4.72 Å². The van der Waals surface area contributed by atoms with E-state index in [0.717, 1.165) is 5.56 Å². The molecule has 0 unspecified atom stereocenters. The van der Waals surface area contributed by atoms with Crippen molar-refractivity contribution < 1.29 is 17.9 Å². The zero-order chi connectivity index (χ0) is 19.3. The Hall–Kier alpha value is -2.38. The standard InChI is InChI=1S/C19H24N2O4S/c1-14-9-10-19(15(2)13-14)26(23,24)20-11-12-21(16(3)22)17-7-5-6-8-18(17)25-4/h5-10,13,20H,11-12H2,1-4H3. The molecular formula is C19H24N2O4S. The predicted octanol–water partition coefficient (Wildman–Crippen LogP) is 2.64. The first-order chi connectivity index (χ1) is 12.3. The lowest BCUT2D eigenvalue weighted by atomic mass is 10.2. The molecule has 0 fully saturated rings. The first-order valence-electron chi connectivity index (χ1n) is 8.24. The zero-order valence-corrected chi connectivity index (χ0v) is 16.3. The number of amides is 1. The smallest absolute Gasteiger partial charge is 0.240 e. The predicted molar refractivity (Wildman–Crippen MR) is 102 cm³/mol. The zero-order valence-electron chi connectivity index (χ0n) is 15.4. The molecule has 1 amide bonds. The van der Waals surface area contributed by atoms with Crippen molar-refractivity contribution in [3.8, 4) is 5.75 Å². The highest BCUT2D eigenvalue weighted by Crippen LogP contribution is 2.27. The van der Waals surface area contributed by atoms with E-state index in [4.69, 9.17) is 4.74 Å². The van der Waals surface area contributed by atoms with Gasteiger partial charge in [-0.15, -0.1) is 0 Å². The van der Waals surface area contributed by atoms with E-state index in [1.54, 1.807) is 37.3 Å². The maximum Gasteiger partial charge on any atom is 0.240 e. The van der Waals surface area contributed by atoms with Crippen LogP contribution in [-0.2, 0) is 14.8 Å². The third-order valence-electron chi connectivity index (χ3n) is 4.00. The van der Waals surface area contributed by atoms with E-state index in [1.165, 1.54) is 18.9 Å². The van der Waals surface area contributed by atoms with E-state index in [2.05, 4.69) is 4.72 Å². The van der Waals surface area contributed by atoms with Gasteiger partial charge in [-0.3, -0.25) is 4.79 Å². The molecule has 0 radical (unpaired) electrons. The molecule has 0 aromatic heterocycles. The van der Waals surface area contributed by atoms with E-state index in [1.807, 2.05) is 19.1 Å². The lowest BCUT2D eigenvalue weighted by molar-refractivity contribution is -0.116. The normalized spacial score (nSPS) is 11.2. The van der Waals surface area contributed by atoms with Crippen LogP contribution in [0.3, 0.4) is 0 Å². The second-order valence-corrected chi connectivity index (χ2v) is 7.74. The summed E-state index contributed by atoms with van der Waals surface area (Å²) in [5, 5.41) is 0. The van der Waals surface area contributed by atoms with Crippen LogP contribution in [-0.4, -0.2) is 34.5 Å². The first-order valence-corrected chi connectivity index (χ1v) is 9.72. The second-order valence-electron chi connectivity index (χ2n) is 6.01. The fraction of sp³-hybridized carbons (Fsp3) is 0.316. The topological polar surface area (TPSA) is 75.7 Å². The van der Waals surface area contributed by atoms with Crippen LogP contribution in [0.5, 0.6) is 5.75 Å². The third kappa shape index (κ3) is 4.62. The molecule has 0 aliphatic heterocycles. The molecule has 2 rings (SSSR count). The summed E-state index contributed by atoms with van der Waals surface area (Å²) in [6.07, 6.45) is 0. The highest BCUT2D eigenvalue weighted by atomic mass is 32.2. The summed E-state index contributed by atoms with van der Waals surface area (Å²) < 4.78 is 32.9. The number of methoxy groups -OCH3 is 1. The summed E-state index contributed by atoms with van der Waals surface area (Å²) >= 11 is 0. The number of nitrogens with one attached hydrogen (secondary N) is 1. The van der Waals surface area contributed by atoms with Gasteiger partial charge in [0.15, 0.2) is 0 Å².